The molecule has 3 N–H and O–H groups in total. The van der Waals surface area contributed by atoms with Crippen molar-refractivity contribution >= 4 is 29.9 Å². The zero-order valence-electron chi connectivity index (χ0n) is 14.7. The first kappa shape index (κ1) is 21.2. The van der Waals surface area contributed by atoms with Crippen LogP contribution in [0.2, 0.25) is 0 Å². The van der Waals surface area contributed by atoms with Crippen molar-refractivity contribution < 1.29 is 14.3 Å². The highest BCUT2D eigenvalue weighted by Crippen LogP contribution is 2.19. The maximum atomic E-state index is 10.5. The Morgan fingerprint density at radius 3 is 2.72 bits per heavy atom. The number of aliphatic hydroxyl groups is 1. The van der Waals surface area contributed by atoms with E-state index in [9.17, 15) is 5.11 Å². The van der Waals surface area contributed by atoms with Gasteiger partial charge < -0.3 is 24.9 Å². The number of guanidine groups is 1. The summed E-state index contributed by atoms with van der Waals surface area (Å²) >= 11 is 0. The Kier molecular flexibility index (Phi) is 8.70. The van der Waals surface area contributed by atoms with Gasteiger partial charge in [-0.2, -0.15) is 0 Å². The minimum Gasteiger partial charge on any atom is -0.481 e. The predicted octanol–water partition coefficient (Wildman–Crippen LogP) is 2.26. The van der Waals surface area contributed by atoms with Crippen LogP contribution in [0.5, 0.6) is 5.88 Å². The molecule has 0 spiro atoms. The fourth-order valence-electron chi connectivity index (χ4n) is 2.07. The third-order valence-corrected chi connectivity index (χ3v) is 3.42. The van der Waals surface area contributed by atoms with Crippen molar-refractivity contribution in [3.05, 3.63) is 48.0 Å². The molecule has 8 heteroatoms. The van der Waals surface area contributed by atoms with E-state index < -0.39 is 5.60 Å². The van der Waals surface area contributed by atoms with Crippen LogP contribution in [-0.4, -0.2) is 36.2 Å². The fraction of sp³-hybridized carbons (Fsp3) is 0.412. The number of rotatable bonds is 7. The Labute approximate surface area is 164 Å². The minimum absolute atomic E-state index is 0. The van der Waals surface area contributed by atoms with Crippen molar-refractivity contribution in [2.45, 2.75) is 26.0 Å². The van der Waals surface area contributed by atoms with Gasteiger partial charge in [0.2, 0.25) is 5.88 Å². The number of aromatic nitrogens is 1. The molecule has 2 heterocycles. The van der Waals surface area contributed by atoms with Gasteiger partial charge in [0.1, 0.15) is 11.4 Å². The largest absolute Gasteiger partial charge is 0.481 e. The topological polar surface area (TPSA) is 91.9 Å². The molecule has 7 nitrogen and oxygen atoms in total. The molecule has 0 aromatic carbocycles. The van der Waals surface area contributed by atoms with Crippen molar-refractivity contribution in [3.8, 4) is 5.88 Å². The van der Waals surface area contributed by atoms with Crippen LogP contribution in [0.4, 0.5) is 0 Å². The van der Waals surface area contributed by atoms with Gasteiger partial charge in [-0.05, 0) is 31.5 Å². The first-order valence-electron chi connectivity index (χ1n) is 7.82. The normalized spacial score (nSPS) is 13.5. The third kappa shape index (κ3) is 6.54. The molecule has 0 saturated heterocycles. The minimum atomic E-state index is -1.12. The molecule has 0 aliphatic heterocycles. The van der Waals surface area contributed by atoms with Gasteiger partial charge in [0.15, 0.2) is 5.96 Å². The molecule has 138 valence electrons. The van der Waals surface area contributed by atoms with Crippen molar-refractivity contribution in [3.63, 3.8) is 0 Å². The maximum absolute atomic E-state index is 10.5. The summed E-state index contributed by atoms with van der Waals surface area (Å²) in [5, 5.41) is 16.7. The molecule has 0 amide bonds. The van der Waals surface area contributed by atoms with E-state index in [0.717, 1.165) is 12.1 Å². The molecule has 0 bridgehead atoms. The molecule has 0 aliphatic rings. The van der Waals surface area contributed by atoms with E-state index in [1.807, 2.05) is 13.0 Å². The molecule has 2 aromatic rings. The lowest BCUT2D eigenvalue weighted by atomic mass is 10.0. The van der Waals surface area contributed by atoms with E-state index in [4.69, 9.17) is 9.15 Å². The molecule has 0 saturated carbocycles. The van der Waals surface area contributed by atoms with Gasteiger partial charge in [0.05, 0.1) is 26.5 Å². The molecule has 1 atom stereocenters. The Morgan fingerprint density at radius 2 is 2.16 bits per heavy atom. The Morgan fingerprint density at radius 1 is 1.36 bits per heavy atom. The van der Waals surface area contributed by atoms with Gasteiger partial charge in [-0.15, -0.1) is 24.0 Å². The summed E-state index contributed by atoms with van der Waals surface area (Å²) < 4.78 is 10.3. The molecule has 1 unspecified atom stereocenters. The summed E-state index contributed by atoms with van der Waals surface area (Å²) in [5.74, 6) is 1.69. The highest BCUT2D eigenvalue weighted by molar-refractivity contribution is 14.0. The highest BCUT2D eigenvalue weighted by atomic mass is 127. The van der Waals surface area contributed by atoms with Crippen LogP contribution in [0, 0.1) is 0 Å². The van der Waals surface area contributed by atoms with Gasteiger partial charge in [-0.3, -0.25) is 0 Å². The molecular weight excluding hydrogens is 435 g/mol. The number of hydrogen-bond donors (Lipinski definition) is 3. The lowest BCUT2D eigenvalue weighted by Gasteiger charge is -2.22. The summed E-state index contributed by atoms with van der Waals surface area (Å²) in [6.45, 7) is 5.13. The maximum Gasteiger partial charge on any atom is 0.212 e. The monoisotopic (exact) mass is 460 g/mol. The van der Waals surface area contributed by atoms with Crippen molar-refractivity contribution in [1.29, 1.82) is 0 Å². The zero-order valence-corrected chi connectivity index (χ0v) is 17.0. The smallest absolute Gasteiger partial charge is 0.212 e. The number of nitrogens with zero attached hydrogens (tertiary/aromatic N) is 2. The van der Waals surface area contributed by atoms with Gasteiger partial charge in [-0.1, -0.05) is 6.07 Å². The average Bonchev–Trinajstić information content (AvgIpc) is 3.13. The first-order chi connectivity index (χ1) is 11.5. The van der Waals surface area contributed by atoms with E-state index in [1.165, 1.54) is 0 Å². The van der Waals surface area contributed by atoms with Crippen molar-refractivity contribution in [2.24, 2.45) is 4.99 Å². The molecule has 2 rings (SSSR count). The Balaban J connectivity index is 0.00000312. The lowest BCUT2D eigenvalue weighted by Crippen LogP contribution is -2.44. The molecular formula is C17H25IN4O3. The number of ether oxygens (including phenoxy) is 1. The van der Waals surface area contributed by atoms with Crippen LogP contribution >= 0.6 is 24.0 Å². The second-order valence-electron chi connectivity index (χ2n) is 5.51. The van der Waals surface area contributed by atoms with Gasteiger partial charge >= 0.3 is 0 Å². The second kappa shape index (κ2) is 10.2. The number of hydrogen-bond acceptors (Lipinski definition) is 5. The molecule has 2 aromatic heterocycles. The Hall–Kier alpha value is -1.81. The fourth-order valence-corrected chi connectivity index (χ4v) is 2.07. The van der Waals surface area contributed by atoms with Crippen LogP contribution in [0.3, 0.4) is 0 Å². The Bertz CT molecular complexity index is 642. The number of furan rings is 1. The molecule has 0 aliphatic carbocycles. The van der Waals surface area contributed by atoms with Crippen LogP contribution in [-0.2, 0) is 12.1 Å². The molecule has 25 heavy (non-hydrogen) atoms. The van der Waals surface area contributed by atoms with Gasteiger partial charge in [-0.25, -0.2) is 9.98 Å². The SMILES string of the molecule is CCNC(=NCc1ccc(OC)nc1)NCC(C)(O)c1ccco1.I. The van der Waals surface area contributed by atoms with Crippen LogP contribution < -0.4 is 15.4 Å². The van der Waals surface area contributed by atoms with Crippen molar-refractivity contribution in [1.82, 2.24) is 15.6 Å². The van der Waals surface area contributed by atoms with Crippen LogP contribution in [0.25, 0.3) is 0 Å². The number of aliphatic imine (C=N–C) groups is 1. The van der Waals surface area contributed by atoms with E-state index in [1.54, 1.807) is 44.7 Å². The summed E-state index contributed by atoms with van der Waals surface area (Å²) in [5.41, 5.74) is -0.160. The summed E-state index contributed by atoms with van der Waals surface area (Å²) in [7, 11) is 1.58. The third-order valence-electron chi connectivity index (χ3n) is 3.42. The standard InChI is InChI=1S/C17H24N4O3.HI/c1-4-18-16(20-11-13-7-8-15(23-3)19-10-13)21-12-17(2,22)14-6-5-9-24-14;/h5-10,22H,4,11-12H2,1-3H3,(H2,18,20,21);1H. The molecule has 0 fully saturated rings. The van der Waals surface area contributed by atoms with Crippen LogP contribution in [0.1, 0.15) is 25.2 Å². The number of nitrogens with one attached hydrogen (secondary N) is 2. The summed E-state index contributed by atoms with van der Waals surface area (Å²) in [6.07, 6.45) is 3.27. The van der Waals surface area contributed by atoms with Gasteiger partial charge in [0, 0.05) is 18.8 Å². The summed E-state index contributed by atoms with van der Waals surface area (Å²) in [4.78, 5) is 8.65. The highest BCUT2D eigenvalue weighted by Gasteiger charge is 2.26. The van der Waals surface area contributed by atoms with E-state index in [0.29, 0.717) is 24.1 Å². The number of halogens is 1. The quantitative estimate of drug-likeness (QED) is 0.334. The van der Waals surface area contributed by atoms with E-state index in [2.05, 4.69) is 20.6 Å². The lowest BCUT2D eigenvalue weighted by molar-refractivity contribution is 0.0386. The van der Waals surface area contributed by atoms with Gasteiger partial charge in [0.25, 0.3) is 0 Å². The first-order valence-corrected chi connectivity index (χ1v) is 7.82. The van der Waals surface area contributed by atoms with Crippen molar-refractivity contribution in [2.75, 3.05) is 20.2 Å². The number of pyridine rings is 1. The van der Waals surface area contributed by atoms with E-state index >= 15 is 0 Å². The zero-order chi connectivity index (χ0) is 17.4. The molecule has 0 radical (unpaired) electrons. The predicted molar refractivity (Wildman–Crippen MR) is 107 cm³/mol. The van der Waals surface area contributed by atoms with Crippen LogP contribution in [0.15, 0.2) is 46.1 Å². The van der Waals surface area contributed by atoms with E-state index in [-0.39, 0.29) is 30.5 Å². The average molecular weight is 460 g/mol. The summed E-state index contributed by atoms with van der Waals surface area (Å²) in [6, 6.07) is 7.21. The number of methoxy groups -OCH3 is 1. The second-order valence-corrected chi connectivity index (χ2v) is 5.51.